The van der Waals surface area contributed by atoms with Crippen LogP contribution in [0.15, 0.2) is 36.5 Å². The molecule has 4 rings (SSSR count). The molecule has 0 saturated carbocycles. The van der Waals surface area contributed by atoms with E-state index in [1.165, 1.54) is 4.90 Å². The molecule has 1 fully saturated rings. The Labute approximate surface area is 187 Å². The van der Waals surface area contributed by atoms with Crippen molar-refractivity contribution in [2.75, 3.05) is 57.0 Å². The van der Waals surface area contributed by atoms with Crippen molar-refractivity contribution in [2.24, 2.45) is 0 Å². The lowest BCUT2D eigenvalue weighted by atomic mass is 10.2. The van der Waals surface area contributed by atoms with E-state index >= 15 is 0 Å². The van der Waals surface area contributed by atoms with E-state index in [0.29, 0.717) is 22.6 Å². The molecule has 168 valence electrons. The lowest BCUT2D eigenvalue weighted by molar-refractivity contribution is -0.116. The maximum Gasteiger partial charge on any atom is 0.257 e. The Bertz CT molecular complexity index is 1130. The molecule has 1 aliphatic heterocycles. The molecule has 1 aliphatic rings. The van der Waals surface area contributed by atoms with Crippen LogP contribution in [0.3, 0.4) is 0 Å². The van der Waals surface area contributed by atoms with Gasteiger partial charge in [0.05, 0.1) is 23.5 Å². The minimum absolute atomic E-state index is 0.0609. The Kier molecular flexibility index (Phi) is 6.09. The van der Waals surface area contributed by atoms with Crippen molar-refractivity contribution in [3.05, 3.63) is 53.5 Å². The van der Waals surface area contributed by atoms with Crippen LogP contribution in [0, 0.1) is 13.8 Å². The van der Waals surface area contributed by atoms with Gasteiger partial charge in [0, 0.05) is 56.9 Å². The van der Waals surface area contributed by atoms with Crippen molar-refractivity contribution < 1.29 is 9.59 Å². The van der Waals surface area contributed by atoms with Gasteiger partial charge >= 0.3 is 0 Å². The zero-order valence-electron chi connectivity index (χ0n) is 19.0. The van der Waals surface area contributed by atoms with Crippen LogP contribution in [-0.2, 0) is 4.79 Å². The number of nitrogens with zero attached hydrogens (tertiary/aromatic N) is 6. The van der Waals surface area contributed by atoms with Gasteiger partial charge < -0.3 is 20.0 Å². The van der Waals surface area contributed by atoms with Gasteiger partial charge in [0.2, 0.25) is 5.91 Å². The number of likely N-dealkylation sites (N-methyl/N-ethyl adjacent to an activating group) is 2. The number of hydrogen-bond acceptors (Lipinski definition) is 6. The molecule has 0 bridgehead atoms. The second-order valence-electron chi connectivity index (χ2n) is 8.36. The summed E-state index contributed by atoms with van der Waals surface area (Å²) in [4.78, 5) is 35.8. The second-order valence-corrected chi connectivity index (χ2v) is 8.36. The fourth-order valence-electron chi connectivity index (χ4n) is 3.89. The van der Waals surface area contributed by atoms with Crippen molar-refractivity contribution >= 4 is 28.8 Å². The largest absolute Gasteiger partial charge is 0.369 e. The summed E-state index contributed by atoms with van der Waals surface area (Å²) in [7, 11) is 3.74. The zero-order chi connectivity index (χ0) is 22.8. The third kappa shape index (κ3) is 4.57. The average Bonchev–Trinajstić information content (AvgIpc) is 3.16. The maximum atomic E-state index is 12.9. The summed E-state index contributed by atoms with van der Waals surface area (Å²) in [6.45, 7) is 7.71. The number of hydrogen-bond donors (Lipinski definition) is 1. The number of fused-ring (bicyclic) bond motifs is 1. The summed E-state index contributed by atoms with van der Waals surface area (Å²) in [5.74, 6) is -0.527. The number of nitrogens with one attached hydrogen (secondary N) is 1. The zero-order valence-corrected chi connectivity index (χ0v) is 19.0. The van der Waals surface area contributed by atoms with Crippen LogP contribution in [0.4, 0.5) is 11.4 Å². The Balaban J connectivity index is 1.36. The first kappa shape index (κ1) is 21.8. The molecule has 1 saturated heterocycles. The van der Waals surface area contributed by atoms with Gasteiger partial charge in [-0.1, -0.05) is 0 Å². The van der Waals surface area contributed by atoms with Gasteiger partial charge in [0.15, 0.2) is 5.65 Å². The Morgan fingerprint density at radius 1 is 1.09 bits per heavy atom. The number of amides is 2. The number of carbonyl (C=O) groups excluding carboxylic acids is 2. The molecule has 9 nitrogen and oxygen atoms in total. The molecule has 3 aromatic rings. The fourth-order valence-corrected chi connectivity index (χ4v) is 3.89. The topological polar surface area (TPSA) is 86.1 Å². The predicted molar refractivity (Wildman–Crippen MR) is 124 cm³/mol. The minimum Gasteiger partial charge on any atom is -0.369 e. The van der Waals surface area contributed by atoms with E-state index < -0.39 is 0 Å². The minimum atomic E-state index is -0.273. The average molecular weight is 436 g/mol. The molecule has 0 atom stereocenters. The van der Waals surface area contributed by atoms with E-state index in [9.17, 15) is 9.59 Å². The summed E-state index contributed by atoms with van der Waals surface area (Å²) in [5, 5.41) is 7.25. The number of carbonyl (C=O) groups is 2. The molecule has 32 heavy (non-hydrogen) atoms. The first-order chi connectivity index (χ1) is 15.3. The van der Waals surface area contributed by atoms with E-state index in [2.05, 4.69) is 32.2 Å². The van der Waals surface area contributed by atoms with Crippen LogP contribution >= 0.6 is 0 Å². The second kappa shape index (κ2) is 8.96. The number of aryl methyl sites for hydroxylation is 2. The molecule has 1 N–H and O–H groups in total. The molecular weight excluding hydrogens is 406 g/mol. The molecule has 0 spiro atoms. The number of rotatable bonds is 5. The molecule has 0 unspecified atom stereocenters. The summed E-state index contributed by atoms with van der Waals surface area (Å²) in [6.07, 6.45) is 1.54. The van der Waals surface area contributed by atoms with Crippen LogP contribution in [-0.4, -0.2) is 83.0 Å². The lowest BCUT2D eigenvalue weighted by Crippen LogP contribution is -2.44. The molecule has 2 amide bonds. The lowest BCUT2D eigenvalue weighted by Gasteiger charge is -2.34. The molecular formula is C23H29N7O2. The van der Waals surface area contributed by atoms with Gasteiger partial charge in [-0.05, 0) is 45.2 Å². The third-order valence-corrected chi connectivity index (χ3v) is 5.82. The van der Waals surface area contributed by atoms with E-state index in [1.54, 1.807) is 17.8 Å². The van der Waals surface area contributed by atoms with Crippen molar-refractivity contribution in [3.63, 3.8) is 0 Å². The van der Waals surface area contributed by atoms with Gasteiger partial charge in [-0.2, -0.15) is 5.10 Å². The van der Waals surface area contributed by atoms with E-state index in [4.69, 9.17) is 0 Å². The summed E-state index contributed by atoms with van der Waals surface area (Å²) < 4.78 is 1.65. The smallest absolute Gasteiger partial charge is 0.257 e. The Hall–Kier alpha value is -3.46. The van der Waals surface area contributed by atoms with Crippen LogP contribution < -0.4 is 10.2 Å². The van der Waals surface area contributed by atoms with Gasteiger partial charge in [-0.15, -0.1) is 0 Å². The summed E-state index contributed by atoms with van der Waals surface area (Å²) in [6, 6.07) is 9.69. The van der Waals surface area contributed by atoms with Gasteiger partial charge in [-0.3, -0.25) is 9.59 Å². The standard InChI is InChI=1S/C23H29N7O2/c1-16-13-21-24-14-20(17(2)30(21)26-16)23(32)28(4)15-22(31)25-18-5-7-19(8-6-18)29-11-9-27(3)10-12-29/h5-8,13-14H,9-12,15H2,1-4H3,(H,25,31). The summed E-state index contributed by atoms with van der Waals surface area (Å²) >= 11 is 0. The van der Waals surface area contributed by atoms with E-state index in [0.717, 1.165) is 37.6 Å². The predicted octanol–water partition coefficient (Wildman–Crippen LogP) is 1.81. The number of anilines is 2. The molecule has 2 aromatic heterocycles. The number of aromatic nitrogens is 3. The van der Waals surface area contributed by atoms with E-state index in [-0.39, 0.29) is 18.4 Å². The molecule has 0 aliphatic carbocycles. The van der Waals surface area contributed by atoms with Crippen molar-refractivity contribution in [2.45, 2.75) is 13.8 Å². The third-order valence-electron chi connectivity index (χ3n) is 5.82. The van der Waals surface area contributed by atoms with E-state index in [1.807, 2.05) is 44.2 Å². The highest BCUT2D eigenvalue weighted by atomic mass is 16.2. The quantitative estimate of drug-likeness (QED) is 0.658. The van der Waals surface area contributed by atoms with Crippen molar-refractivity contribution in [1.29, 1.82) is 0 Å². The van der Waals surface area contributed by atoms with Crippen molar-refractivity contribution in [3.8, 4) is 0 Å². The van der Waals surface area contributed by atoms with Crippen LogP contribution in [0.25, 0.3) is 5.65 Å². The maximum absolute atomic E-state index is 12.9. The monoisotopic (exact) mass is 435 g/mol. The van der Waals surface area contributed by atoms with Gasteiger partial charge in [-0.25, -0.2) is 9.50 Å². The van der Waals surface area contributed by atoms with Gasteiger partial charge in [0.1, 0.15) is 0 Å². The molecule has 9 heteroatoms. The molecule has 3 heterocycles. The highest BCUT2D eigenvalue weighted by Crippen LogP contribution is 2.19. The van der Waals surface area contributed by atoms with Crippen molar-refractivity contribution in [1.82, 2.24) is 24.4 Å². The normalized spacial score (nSPS) is 14.6. The highest BCUT2D eigenvalue weighted by Gasteiger charge is 2.20. The number of piperazine rings is 1. The number of benzene rings is 1. The Morgan fingerprint density at radius 3 is 2.47 bits per heavy atom. The Morgan fingerprint density at radius 2 is 1.78 bits per heavy atom. The summed E-state index contributed by atoms with van der Waals surface area (Å²) in [5.41, 5.74) is 4.50. The molecule has 1 aromatic carbocycles. The highest BCUT2D eigenvalue weighted by molar-refractivity contribution is 5.99. The first-order valence-electron chi connectivity index (χ1n) is 10.7. The first-order valence-corrected chi connectivity index (χ1v) is 10.7. The van der Waals surface area contributed by atoms with Gasteiger partial charge in [0.25, 0.3) is 5.91 Å². The van der Waals surface area contributed by atoms with Crippen LogP contribution in [0.1, 0.15) is 21.7 Å². The fraction of sp³-hybridized carbons (Fsp3) is 0.391. The SMILES string of the molecule is Cc1cc2ncc(C(=O)N(C)CC(=O)Nc3ccc(N4CCN(C)CC4)cc3)c(C)n2n1. The van der Waals surface area contributed by atoms with Crippen LogP contribution in [0.5, 0.6) is 0 Å². The molecule has 0 radical (unpaired) electrons. The van der Waals surface area contributed by atoms with Crippen LogP contribution in [0.2, 0.25) is 0 Å².